The zero-order valence-corrected chi connectivity index (χ0v) is 6.88. The van der Waals surface area contributed by atoms with Crippen LogP contribution in [0.25, 0.3) is 0 Å². The molecular formula is C9H17N. The Labute approximate surface area is 63.0 Å². The second-order valence-electron chi connectivity index (χ2n) is 4.33. The Morgan fingerprint density at radius 3 is 1.60 bits per heavy atom. The van der Waals surface area contributed by atoms with Gasteiger partial charge in [0.15, 0.2) is 0 Å². The van der Waals surface area contributed by atoms with Crippen LogP contribution in [0.1, 0.15) is 26.7 Å². The van der Waals surface area contributed by atoms with Gasteiger partial charge in [-0.1, -0.05) is 13.8 Å². The number of rotatable bonds is 2. The summed E-state index contributed by atoms with van der Waals surface area (Å²) < 4.78 is 0. The largest absolute Gasteiger partial charge is 0.327 e. The van der Waals surface area contributed by atoms with Crippen LogP contribution in [0.5, 0.6) is 0 Å². The average molecular weight is 139 g/mol. The summed E-state index contributed by atoms with van der Waals surface area (Å²) in [5.74, 6) is 3.63. The van der Waals surface area contributed by atoms with E-state index in [1.165, 1.54) is 12.8 Å². The van der Waals surface area contributed by atoms with Gasteiger partial charge in [-0.05, 0) is 36.5 Å². The van der Waals surface area contributed by atoms with Crippen molar-refractivity contribution >= 4 is 0 Å². The Balaban J connectivity index is 1.83. The lowest BCUT2D eigenvalue weighted by molar-refractivity contribution is 0.485. The fourth-order valence-corrected chi connectivity index (χ4v) is 2.09. The summed E-state index contributed by atoms with van der Waals surface area (Å²) in [6, 6.07) is 0.546. The van der Waals surface area contributed by atoms with E-state index >= 15 is 0 Å². The molecule has 0 amide bonds. The standard InChI is InChI=1S/C9H17N/c1-5-3-7(5)9(10)8-4-6(8)2/h5-9H,3-4,10H2,1-2H3/t5-,6-,7+,8+/m0/s1. The zero-order chi connectivity index (χ0) is 7.30. The smallest absolute Gasteiger partial charge is 0.0101 e. The monoisotopic (exact) mass is 139 g/mol. The van der Waals surface area contributed by atoms with Crippen LogP contribution in [0.3, 0.4) is 0 Å². The predicted molar refractivity (Wildman–Crippen MR) is 42.5 cm³/mol. The first-order chi connectivity index (χ1) is 4.70. The van der Waals surface area contributed by atoms with E-state index in [1.54, 1.807) is 0 Å². The molecule has 0 aromatic rings. The molecule has 2 aliphatic rings. The van der Waals surface area contributed by atoms with E-state index in [-0.39, 0.29) is 0 Å². The molecule has 0 aliphatic heterocycles. The van der Waals surface area contributed by atoms with Crippen LogP contribution in [0, 0.1) is 23.7 Å². The third-order valence-electron chi connectivity index (χ3n) is 3.33. The summed E-state index contributed by atoms with van der Waals surface area (Å²) in [6.45, 7) is 4.63. The minimum atomic E-state index is 0.546. The van der Waals surface area contributed by atoms with Gasteiger partial charge in [-0.2, -0.15) is 0 Å². The van der Waals surface area contributed by atoms with Gasteiger partial charge in [0.2, 0.25) is 0 Å². The summed E-state index contributed by atoms with van der Waals surface area (Å²) in [5, 5.41) is 0. The molecule has 2 rings (SSSR count). The van der Waals surface area contributed by atoms with Crippen LogP contribution in [-0.2, 0) is 0 Å². The summed E-state index contributed by atoms with van der Waals surface area (Å²) in [4.78, 5) is 0. The molecule has 58 valence electrons. The SMILES string of the molecule is C[C@H]1C[C@H]1C(N)[C@@H]1C[C@@H]1C. The quantitative estimate of drug-likeness (QED) is 0.618. The fourth-order valence-electron chi connectivity index (χ4n) is 2.09. The van der Waals surface area contributed by atoms with Crippen molar-refractivity contribution in [2.75, 3.05) is 0 Å². The van der Waals surface area contributed by atoms with Gasteiger partial charge in [-0.3, -0.25) is 0 Å². The second-order valence-corrected chi connectivity index (χ2v) is 4.33. The van der Waals surface area contributed by atoms with Crippen molar-refractivity contribution < 1.29 is 0 Å². The molecule has 1 heteroatoms. The van der Waals surface area contributed by atoms with Gasteiger partial charge in [0.05, 0.1) is 0 Å². The van der Waals surface area contributed by atoms with Crippen molar-refractivity contribution in [3.8, 4) is 0 Å². The van der Waals surface area contributed by atoms with Gasteiger partial charge in [-0.15, -0.1) is 0 Å². The summed E-state index contributed by atoms with van der Waals surface area (Å²) >= 11 is 0. The minimum absolute atomic E-state index is 0.546. The van der Waals surface area contributed by atoms with E-state index in [2.05, 4.69) is 13.8 Å². The number of nitrogens with two attached hydrogens (primary N) is 1. The highest BCUT2D eigenvalue weighted by atomic mass is 14.8. The van der Waals surface area contributed by atoms with Gasteiger partial charge < -0.3 is 5.73 Å². The average Bonchev–Trinajstić information content (AvgIpc) is 2.70. The molecule has 0 aromatic heterocycles. The molecular weight excluding hydrogens is 122 g/mol. The first kappa shape index (κ1) is 6.66. The lowest BCUT2D eigenvalue weighted by Crippen LogP contribution is -2.26. The lowest BCUT2D eigenvalue weighted by atomic mass is 10.1. The van der Waals surface area contributed by atoms with E-state index in [0.717, 1.165) is 23.7 Å². The fraction of sp³-hybridized carbons (Fsp3) is 1.00. The minimum Gasteiger partial charge on any atom is -0.327 e. The molecule has 0 bridgehead atoms. The first-order valence-corrected chi connectivity index (χ1v) is 4.45. The Kier molecular flexibility index (Phi) is 1.31. The summed E-state index contributed by atoms with van der Waals surface area (Å²) in [5.41, 5.74) is 6.07. The van der Waals surface area contributed by atoms with Gasteiger partial charge in [-0.25, -0.2) is 0 Å². The van der Waals surface area contributed by atoms with Gasteiger partial charge in [0.25, 0.3) is 0 Å². The molecule has 0 unspecified atom stereocenters. The van der Waals surface area contributed by atoms with Crippen LogP contribution in [0.15, 0.2) is 0 Å². The second kappa shape index (κ2) is 1.97. The summed E-state index contributed by atoms with van der Waals surface area (Å²) in [7, 11) is 0. The molecule has 2 fully saturated rings. The van der Waals surface area contributed by atoms with Gasteiger partial charge >= 0.3 is 0 Å². The molecule has 0 radical (unpaired) electrons. The lowest BCUT2D eigenvalue weighted by Gasteiger charge is -2.08. The van der Waals surface area contributed by atoms with Crippen LogP contribution < -0.4 is 5.73 Å². The van der Waals surface area contributed by atoms with E-state index < -0.39 is 0 Å². The van der Waals surface area contributed by atoms with E-state index in [4.69, 9.17) is 5.73 Å². The maximum Gasteiger partial charge on any atom is 0.0101 e. The molecule has 0 heterocycles. The number of hydrogen-bond acceptors (Lipinski definition) is 1. The van der Waals surface area contributed by atoms with Gasteiger partial charge in [0.1, 0.15) is 0 Å². The highest BCUT2D eigenvalue weighted by molar-refractivity contribution is 5.00. The predicted octanol–water partition coefficient (Wildman–Crippen LogP) is 1.63. The highest BCUT2D eigenvalue weighted by Crippen LogP contribution is 2.50. The van der Waals surface area contributed by atoms with E-state index in [1.807, 2.05) is 0 Å². The third kappa shape index (κ3) is 0.968. The Morgan fingerprint density at radius 1 is 1.10 bits per heavy atom. The van der Waals surface area contributed by atoms with Crippen molar-refractivity contribution in [3.63, 3.8) is 0 Å². The van der Waals surface area contributed by atoms with Crippen molar-refractivity contribution in [2.45, 2.75) is 32.7 Å². The molecule has 0 spiro atoms. The first-order valence-electron chi connectivity index (χ1n) is 4.45. The molecule has 10 heavy (non-hydrogen) atoms. The van der Waals surface area contributed by atoms with Crippen molar-refractivity contribution in [1.82, 2.24) is 0 Å². The Bertz CT molecular complexity index is 128. The Hall–Kier alpha value is -0.0400. The number of hydrogen-bond donors (Lipinski definition) is 1. The molecule has 2 saturated carbocycles. The van der Waals surface area contributed by atoms with Crippen LogP contribution >= 0.6 is 0 Å². The maximum absolute atomic E-state index is 6.07. The van der Waals surface area contributed by atoms with E-state index in [0.29, 0.717) is 6.04 Å². The van der Waals surface area contributed by atoms with Crippen LogP contribution in [-0.4, -0.2) is 6.04 Å². The van der Waals surface area contributed by atoms with Crippen LogP contribution in [0.2, 0.25) is 0 Å². The zero-order valence-electron chi connectivity index (χ0n) is 6.88. The maximum atomic E-state index is 6.07. The molecule has 4 atom stereocenters. The molecule has 2 N–H and O–H groups in total. The topological polar surface area (TPSA) is 26.0 Å². The van der Waals surface area contributed by atoms with Crippen molar-refractivity contribution in [2.24, 2.45) is 29.4 Å². The van der Waals surface area contributed by atoms with Crippen molar-refractivity contribution in [3.05, 3.63) is 0 Å². The molecule has 0 saturated heterocycles. The van der Waals surface area contributed by atoms with Crippen molar-refractivity contribution in [1.29, 1.82) is 0 Å². The molecule has 1 nitrogen and oxygen atoms in total. The summed E-state index contributed by atoms with van der Waals surface area (Å²) in [6.07, 6.45) is 2.79. The van der Waals surface area contributed by atoms with Crippen LogP contribution in [0.4, 0.5) is 0 Å². The third-order valence-corrected chi connectivity index (χ3v) is 3.33. The molecule has 0 aromatic carbocycles. The van der Waals surface area contributed by atoms with Gasteiger partial charge in [0, 0.05) is 6.04 Å². The molecule has 2 aliphatic carbocycles. The Morgan fingerprint density at radius 2 is 1.40 bits per heavy atom. The van der Waals surface area contributed by atoms with E-state index in [9.17, 15) is 0 Å². The highest BCUT2D eigenvalue weighted by Gasteiger charge is 2.47. The normalized spacial score (nSPS) is 51.6.